The lowest BCUT2D eigenvalue weighted by Gasteiger charge is -2.33. The van der Waals surface area contributed by atoms with Crippen molar-refractivity contribution in [3.8, 4) is 0 Å². The molecular formula is C24H29BrF3N3O4S. The van der Waals surface area contributed by atoms with Crippen LogP contribution in [0.4, 0.5) is 18.9 Å². The molecule has 198 valence electrons. The number of nitrogens with zero attached hydrogens (tertiary/aromatic N) is 2. The molecule has 1 atom stereocenters. The van der Waals surface area contributed by atoms with Gasteiger partial charge in [-0.15, -0.1) is 0 Å². The highest BCUT2D eigenvalue weighted by Gasteiger charge is 2.34. The Morgan fingerprint density at radius 3 is 2.19 bits per heavy atom. The van der Waals surface area contributed by atoms with Gasteiger partial charge in [-0.2, -0.15) is 13.2 Å². The van der Waals surface area contributed by atoms with Crippen molar-refractivity contribution < 1.29 is 31.2 Å². The lowest BCUT2D eigenvalue weighted by atomic mass is 10.1. The zero-order valence-electron chi connectivity index (χ0n) is 20.6. The van der Waals surface area contributed by atoms with Crippen LogP contribution >= 0.6 is 15.9 Å². The van der Waals surface area contributed by atoms with Crippen LogP contribution in [0.3, 0.4) is 0 Å². The quantitative estimate of drug-likeness (QED) is 0.487. The molecule has 12 heteroatoms. The average molecular weight is 592 g/mol. The summed E-state index contributed by atoms with van der Waals surface area (Å²) in [6.07, 6.45) is -3.90. The van der Waals surface area contributed by atoms with E-state index in [0.717, 1.165) is 22.9 Å². The van der Waals surface area contributed by atoms with Crippen LogP contribution in [0.1, 0.15) is 38.8 Å². The van der Waals surface area contributed by atoms with Crippen molar-refractivity contribution in [2.45, 2.75) is 52.0 Å². The highest BCUT2D eigenvalue weighted by Crippen LogP contribution is 2.32. The van der Waals surface area contributed by atoms with Gasteiger partial charge in [-0.3, -0.25) is 13.9 Å². The Labute approximate surface area is 217 Å². The molecule has 2 amide bonds. The molecule has 0 heterocycles. The molecule has 0 radical (unpaired) electrons. The minimum absolute atomic E-state index is 0.0306. The van der Waals surface area contributed by atoms with E-state index in [0.29, 0.717) is 15.9 Å². The van der Waals surface area contributed by atoms with E-state index in [1.807, 2.05) is 0 Å². The van der Waals surface area contributed by atoms with Gasteiger partial charge in [0.25, 0.3) is 0 Å². The number of nitrogens with one attached hydrogen (secondary N) is 1. The molecule has 0 aliphatic heterocycles. The molecule has 2 rings (SSSR count). The second-order valence-corrected chi connectivity index (χ2v) is 12.2. The molecule has 36 heavy (non-hydrogen) atoms. The summed E-state index contributed by atoms with van der Waals surface area (Å²) in [7, 11) is -4.15. The average Bonchev–Trinajstić information content (AvgIpc) is 2.72. The highest BCUT2D eigenvalue weighted by atomic mass is 79.9. The second-order valence-electron chi connectivity index (χ2n) is 9.38. The van der Waals surface area contributed by atoms with Crippen LogP contribution in [0.25, 0.3) is 0 Å². The summed E-state index contributed by atoms with van der Waals surface area (Å²) < 4.78 is 66.1. The van der Waals surface area contributed by atoms with Crippen LogP contribution < -0.4 is 9.62 Å². The predicted molar refractivity (Wildman–Crippen MR) is 136 cm³/mol. The van der Waals surface area contributed by atoms with Crippen LogP contribution in [0.2, 0.25) is 0 Å². The summed E-state index contributed by atoms with van der Waals surface area (Å²) in [5.41, 5.74) is -1.29. The van der Waals surface area contributed by atoms with Crippen molar-refractivity contribution in [3.63, 3.8) is 0 Å². The molecule has 0 aliphatic carbocycles. The van der Waals surface area contributed by atoms with Gasteiger partial charge in [0.05, 0.1) is 17.5 Å². The van der Waals surface area contributed by atoms with Crippen molar-refractivity contribution in [2.75, 3.05) is 17.1 Å². The zero-order valence-corrected chi connectivity index (χ0v) is 23.0. The summed E-state index contributed by atoms with van der Waals surface area (Å²) in [5.74, 6) is -1.22. The van der Waals surface area contributed by atoms with E-state index >= 15 is 0 Å². The van der Waals surface area contributed by atoms with E-state index in [-0.39, 0.29) is 12.2 Å². The first-order valence-electron chi connectivity index (χ1n) is 10.9. The lowest BCUT2D eigenvalue weighted by molar-refractivity contribution is -0.140. The molecule has 0 bridgehead atoms. The Kier molecular flexibility index (Phi) is 9.22. The summed E-state index contributed by atoms with van der Waals surface area (Å²) in [5, 5.41) is 2.79. The van der Waals surface area contributed by atoms with E-state index in [1.54, 1.807) is 45.0 Å². The van der Waals surface area contributed by atoms with Gasteiger partial charge in [0.2, 0.25) is 21.8 Å². The largest absolute Gasteiger partial charge is 0.416 e. The van der Waals surface area contributed by atoms with Crippen molar-refractivity contribution in [1.29, 1.82) is 0 Å². The van der Waals surface area contributed by atoms with Gasteiger partial charge in [-0.05, 0) is 63.6 Å². The maximum Gasteiger partial charge on any atom is 0.416 e. The Morgan fingerprint density at radius 2 is 1.67 bits per heavy atom. The predicted octanol–water partition coefficient (Wildman–Crippen LogP) is 4.57. The van der Waals surface area contributed by atoms with E-state index in [1.165, 1.54) is 17.9 Å². The number of hydrogen-bond donors (Lipinski definition) is 1. The monoisotopic (exact) mass is 591 g/mol. The van der Waals surface area contributed by atoms with Gasteiger partial charge in [-0.25, -0.2) is 8.42 Å². The standard InChI is InChI=1S/C24H29BrF3N3O4S/c1-16(22(33)29-23(2,3)4)30(14-17-8-6-10-19(25)12-17)21(32)15-31(36(5,34)35)20-11-7-9-18(13-20)24(26,27)28/h6-13,16H,14-15H2,1-5H3,(H,29,33)/t16-/m1/s1. The van der Waals surface area contributed by atoms with E-state index < -0.39 is 51.7 Å². The van der Waals surface area contributed by atoms with Gasteiger partial charge in [0.15, 0.2) is 0 Å². The number of amides is 2. The number of anilines is 1. The zero-order chi connectivity index (χ0) is 27.5. The van der Waals surface area contributed by atoms with Gasteiger partial charge in [0.1, 0.15) is 12.6 Å². The summed E-state index contributed by atoms with van der Waals surface area (Å²) in [6.45, 7) is 6.01. The van der Waals surface area contributed by atoms with Crippen LogP contribution in [0.15, 0.2) is 53.0 Å². The molecule has 0 saturated heterocycles. The third-order valence-electron chi connectivity index (χ3n) is 5.05. The molecule has 0 saturated carbocycles. The Balaban J connectivity index is 2.46. The van der Waals surface area contributed by atoms with E-state index in [4.69, 9.17) is 0 Å². The number of hydrogen-bond acceptors (Lipinski definition) is 4. The van der Waals surface area contributed by atoms with Crippen molar-refractivity contribution in [3.05, 3.63) is 64.1 Å². The summed E-state index contributed by atoms with van der Waals surface area (Å²) >= 11 is 3.35. The normalized spacial score (nSPS) is 13.1. The Hall–Kier alpha value is -2.60. The molecule has 1 N–H and O–H groups in total. The molecule has 2 aromatic rings. The van der Waals surface area contributed by atoms with Crippen LogP contribution in [0, 0.1) is 0 Å². The van der Waals surface area contributed by atoms with Crippen molar-refractivity contribution in [1.82, 2.24) is 10.2 Å². The van der Waals surface area contributed by atoms with Crippen molar-refractivity contribution >= 4 is 43.5 Å². The molecule has 7 nitrogen and oxygen atoms in total. The van der Waals surface area contributed by atoms with Crippen LogP contribution in [-0.4, -0.2) is 49.5 Å². The van der Waals surface area contributed by atoms with Crippen LogP contribution in [-0.2, 0) is 32.3 Å². The SMILES string of the molecule is C[C@H](C(=O)NC(C)(C)C)N(Cc1cccc(Br)c1)C(=O)CN(c1cccc(C(F)(F)F)c1)S(C)(=O)=O. The first-order chi connectivity index (χ1) is 16.4. The number of halogens is 4. The fourth-order valence-electron chi connectivity index (χ4n) is 3.34. The van der Waals surface area contributed by atoms with Gasteiger partial charge >= 0.3 is 6.18 Å². The molecule has 0 spiro atoms. The highest BCUT2D eigenvalue weighted by molar-refractivity contribution is 9.10. The van der Waals surface area contributed by atoms with Gasteiger partial charge < -0.3 is 10.2 Å². The van der Waals surface area contributed by atoms with E-state index in [9.17, 15) is 31.2 Å². The number of rotatable bonds is 8. The molecular weight excluding hydrogens is 563 g/mol. The second kappa shape index (κ2) is 11.2. The van der Waals surface area contributed by atoms with Gasteiger partial charge in [0, 0.05) is 16.6 Å². The number of alkyl halides is 3. The van der Waals surface area contributed by atoms with Crippen molar-refractivity contribution in [2.24, 2.45) is 0 Å². The minimum Gasteiger partial charge on any atom is -0.350 e. The summed E-state index contributed by atoms with van der Waals surface area (Å²) in [4.78, 5) is 27.6. The maximum atomic E-state index is 13.5. The molecule has 0 aromatic heterocycles. The Bertz CT molecular complexity index is 1210. The van der Waals surface area contributed by atoms with Gasteiger partial charge in [-0.1, -0.05) is 34.1 Å². The summed E-state index contributed by atoms with van der Waals surface area (Å²) in [6, 6.07) is 9.73. The topological polar surface area (TPSA) is 86.8 Å². The minimum atomic E-state index is -4.70. The fourth-order valence-corrected chi connectivity index (χ4v) is 4.63. The first-order valence-corrected chi connectivity index (χ1v) is 13.5. The fraction of sp³-hybridized carbons (Fsp3) is 0.417. The molecule has 0 fully saturated rings. The van der Waals surface area contributed by atoms with E-state index in [2.05, 4.69) is 21.2 Å². The third-order valence-corrected chi connectivity index (χ3v) is 6.68. The number of carbonyl (C=O) groups excluding carboxylic acids is 2. The smallest absolute Gasteiger partial charge is 0.350 e. The number of sulfonamides is 1. The maximum absolute atomic E-state index is 13.5. The number of benzene rings is 2. The van der Waals surface area contributed by atoms with Crippen LogP contribution in [0.5, 0.6) is 0 Å². The number of carbonyl (C=O) groups is 2. The molecule has 0 unspecified atom stereocenters. The Morgan fingerprint density at radius 1 is 1.06 bits per heavy atom. The lowest BCUT2D eigenvalue weighted by Crippen LogP contribution is -2.54. The first kappa shape index (κ1) is 29.6. The molecule has 2 aromatic carbocycles. The molecule has 0 aliphatic rings. The third kappa shape index (κ3) is 8.51.